The maximum Gasteiger partial charge on any atom is 0.142 e. The molecule has 20 heavy (non-hydrogen) atoms. The molecule has 1 aromatic carbocycles. The highest BCUT2D eigenvalue weighted by molar-refractivity contribution is 6.35. The summed E-state index contributed by atoms with van der Waals surface area (Å²) >= 11 is 12.2. The lowest BCUT2D eigenvalue weighted by Gasteiger charge is -2.23. The minimum absolute atomic E-state index is 0.563. The summed E-state index contributed by atoms with van der Waals surface area (Å²) in [5.41, 5.74) is 1.01. The van der Waals surface area contributed by atoms with Crippen molar-refractivity contribution in [3.8, 4) is 5.75 Å². The van der Waals surface area contributed by atoms with Crippen LogP contribution in [0.1, 0.15) is 25.3 Å². The number of ether oxygens (including phenoxy) is 1. The van der Waals surface area contributed by atoms with Gasteiger partial charge in [0.2, 0.25) is 0 Å². The van der Waals surface area contributed by atoms with E-state index >= 15 is 0 Å². The first-order chi connectivity index (χ1) is 9.65. The molecule has 0 amide bonds. The van der Waals surface area contributed by atoms with Gasteiger partial charge in [-0.05, 0) is 38.1 Å². The SMILES string of the molecule is CCN1CCC[C@H]1CNCc1cc(Cl)cc(Cl)c1OC. The van der Waals surface area contributed by atoms with E-state index in [0.717, 1.165) is 25.2 Å². The Morgan fingerprint density at radius 2 is 2.20 bits per heavy atom. The second kappa shape index (κ2) is 7.51. The summed E-state index contributed by atoms with van der Waals surface area (Å²) in [5, 5.41) is 4.70. The van der Waals surface area contributed by atoms with E-state index in [0.29, 0.717) is 21.8 Å². The van der Waals surface area contributed by atoms with Gasteiger partial charge in [0.05, 0.1) is 12.1 Å². The van der Waals surface area contributed by atoms with Crippen LogP contribution in [-0.2, 0) is 6.54 Å². The number of likely N-dealkylation sites (N-methyl/N-ethyl adjacent to an activating group) is 1. The number of benzene rings is 1. The van der Waals surface area contributed by atoms with Crippen LogP contribution in [0.2, 0.25) is 10.0 Å². The Morgan fingerprint density at radius 1 is 1.40 bits per heavy atom. The third-order valence-electron chi connectivity index (χ3n) is 3.89. The van der Waals surface area contributed by atoms with E-state index in [1.807, 2.05) is 6.07 Å². The van der Waals surface area contributed by atoms with E-state index in [1.54, 1.807) is 13.2 Å². The number of nitrogens with one attached hydrogen (secondary N) is 1. The van der Waals surface area contributed by atoms with E-state index in [9.17, 15) is 0 Å². The summed E-state index contributed by atoms with van der Waals surface area (Å²) < 4.78 is 5.35. The molecule has 5 heteroatoms. The molecule has 1 fully saturated rings. The smallest absolute Gasteiger partial charge is 0.142 e. The number of likely N-dealkylation sites (tertiary alicyclic amines) is 1. The van der Waals surface area contributed by atoms with Crippen LogP contribution in [-0.4, -0.2) is 37.7 Å². The lowest BCUT2D eigenvalue weighted by atomic mass is 10.1. The van der Waals surface area contributed by atoms with Gasteiger partial charge in [-0.3, -0.25) is 4.90 Å². The van der Waals surface area contributed by atoms with Crippen molar-refractivity contribution >= 4 is 23.2 Å². The maximum absolute atomic E-state index is 6.14. The van der Waals surface area contributed by atoms with Gasteiger partial charge in [0.25, 0.3) is 0 Å². The minimum Gasteiger partial charge on any atom is -0.495 e. The predicted octanol–water partition coefficient (Wildman–Crippen LogP) is 3.58. The van der Waals surface area contributed by atoms with E-state index in [1.165, 1.54) is 19.4 Å². The number of hydrogen-bond acceptors (Lipinski definition) is 3. The Morgan fingerprint density at radius 3 is 2.90 bits per heavy atom. The number of methoxy groups -OCH3 is 1. The summed E-state index contributed by atoms with van der Waals surface area (Å²) in [6.45, 7) is 6.27. The molecule has 1 heterocycles. The average molecular weight is 317 g/mol. The molecule has 2 rings (SSSR count). The molecule has 0 spiro atoms. The van der Waals surface area contributed by atoms with Crippen molar-refractivity contribution in [1.29, 1.82) is 0 Å². The molecule has 1 saturated heterocycles. The minimum atomic E-state index is 0.563. The Kier molecular flexibility index (Phi) is 5.97. The van der Waals surface area contributed by atoms with Crippen molar-refractivity contribution in [1.82, 2.24) is 10.2 Å². The Balaban J connectivity index is 1.94. The Labute approximate surface area is 131 Å². The average Bonchev–Trinajstić information content (AvgIpc) is 2.86. The first-order valence-corrected chi connectivity index (χ1v) is 7.88. The molecule has 0 saturated carbocycles. The quantitative estimate of drug-likeness (QED) is 0.868. The highest BCUT2D eigenvalue weighted by Gasteiger charge is 2.22. The van der Waals surface area contributed by atoms with Crippen LogP contribution in [0.15, 0.2) is 12.1 Å². The molecule has 0 aromatic heterocycles. The van der Waals surface area contributed by atoms with Crippen molar-refractivity contribution in [2.24, 2.45) is 0 Å². The molecule has 3 nitrogen and oxygen atoms in total. The molecule has 0 aliphatic carbocycles. The molecule has 1 aromatic rings. The highest BCUT2D eigenvalue weighted by Crippen LogP contribution is 2.32. The molecule has 0 radical (unpaired) electrons. The van der Waals surface area contributed by atoms with Gasteiger partial charge in [-0.25, -0.2) is 0 Å². The number of nitrogens with zero attached hydrogens (tertiary/aromatic N) is 1. The van der Waals surface area contributed by atoms with Crippen molar-refractivity contribution in [2.75, 3.05) is 26.7 Å². The van der Waals surface area contributed by atoms with Crippen LogP contribution in [0.25, 0.3) is 0 Å². The van der Waals surface area contributed by atoms with E-state index in [4.69, 9.17) is 27.9 Å². The first kappa shape index (κ1) is 15.9. The molecule has 0 bridgehead atoms. The van der Waals surface area contributed by atoms with E-state index in [2.05, 4.69) is 17.1 Å². The van der Waals surface area contributed by atoms with Gasteiger partial charge < -0.3 is 10.1 Å². The van der Waals surface area contributed by atoms with Crippen LogP contribution in [0.3, 0.4) is 0 Å². The van der Waals surface area contributed by atoms with Crippen LogP contribution in [0, 0.1) is 0 Å². The lowest BCUT2D eigenvalue weighted by molar-refractivity contribution is 0.259. The second-order valence-corrected chi connectivity index (χ2v) is 5.98. The molecule has 1 atom stereocenters. The molecule has 1 aliphatic heterocycles. The zero-order valence-corrected chi connectivity index (χ0v) is 13.6. The maximum atomic E-state index is 6.14. The standard InChI is InChI=1S/C15H22Cl2N2O/c1-3-19-6-4-5-13(19)10-18-9-11-7-12(16)8-14(17)15(11)20-2/h7-8,13,18H,3-6,9-10H2,1-2H3/t13-/m0/s1. The summed E-state index contributed by atoms with van der Waals surface area (Å²) in [6, 6.07) is 4.26. The molecule has 1 aliphatic rings. The van der Waals surface area contributed by atoms with E-state index < -0.39 is 0 Å². The summed E-state index contributed by atoms with van der Waals surface area (Å²) in [6.07, 6.45) is 2.57. The van der Waals surface area contributed by atoms with Crippen LogP contribution < -0.4 is 10.1 Å². The first-order valence-electron chi connectivity index (χ1n) is 7.12. The molecular formula is C15H22Cl2N2O. The van der Waals surface area contributed by atoms with Gasteiger partial charge in [0.1, 0.15) is 5.75 Å². The molecule has 1 N–H and O–H groups in total. The van der Waals surface area contributed by atoms with Gasteiger partial charge in [-0.1, -0.05) is 30.1 Å². The molecule has 112 valence electrons. The van der Waals surface area contributed by atoms with Gasteiger partial charge in [0.15, 0.2) is 0 Å². The fourth-order valence-corrected chi connectivity index (χ4v) is 3.50. The third kappa shape index (κ3) is 3.79. The monoisotopic (exact) mass is 316 g/mol. The van der Waals surface area contributed by atoms with Crippen molar-refractivity contribution in [3.05, 3.63) is 27.7 Å². The second-order valence-electron chi connectivity index (χ2n) is 5.14. The largest absolute Gasteiger partial charge is 0.495 e. The normalized spacial score (nSPS) is 19.5. The van der Waals surface area contributed by atoms with Crippen molar-refractivity contribution < 1.29 is 4.74 Å². The third-order valence-corrected chi connectivity index (χ3v) is 4.39. The fourth-order valence-electron chi connectivity index (χ4n) is 2.89. The summed E-state index contributed by atoms with van der Waals surface area (Å²) in [4.78, 5) is 2.52. The highest BCUT2D eigenvalue weighted by atomic mass is 35.5. The summed E-state index contributed by atoms with van der Waals surface area (Å²) in [7, 11) is 1.63. The molecule has 0 unspecified atom stereocenters. The van der Waals surface area contributed by atoms with Crippen LogP contribution in [0.4, 0.5) is 0 Å². The number of halogens is 2. The zero-order valence-electron chi connectivity index (χ0n) is 12.1. The Hall–Kier alpha value is -0.480. The number of hydrogen-bond donors (Lipinski definition) is 1. The number of rotatable bonds is 6. The van der Waals surface area contributed by atoms with Gasteiger partial charge in [-0.2, -0.15) is 0 Å². The van der Waals surface area contributed by atoms with Crippen LogP contribution >= 0.6 is 23.2 Å². The fraction of sp³-hybridized carbons (Fsp3) is 0.600. The lowest BCUT2D eigenvalue weighted by Crippen LogP contribution is -2.37. The van der Waals surface area contributed by atoms with Gasteiger partial charge in [-0.15, -0.1) is 0 Å². The van der Waals surface area contributed by atoms with Gasteiger partial charge >= 0.3 is 0 Å². The topological polar surface area (TPSA) is 24.5 Å². The zero-order chi connectivity index (χ0) is 14.5. The summed E-state index contributed by atoms with van der Waals surface area (Å²) in [5.74, 6) is 0.710. The van der Waals surface area contributed by atoms with Crippen molar-refractivity contribution in [3.63, 3.8) is 0 Å². The van der Waals surface area contributed by atoms with Crippen LogP contribution in [0.5, 0.6) is 5.75 Å². The van der Waals surface area contributed by atoms with E-state index in [-0.39, 0.29) is 0 Å². The predicted molar refractivity (Wildman–Crippen MR) is 85.0 cm³/mol. The van der Waals surface area contributed by atoms with Crippen molar-refractivity contribution in [2.45, 2.75) is 32.4 Å². The van der Waals surface area contributed by atoms with Gasteiger partial charge in [0, 0.05) is 29.7 Å². The molecular weight excluding hydrogens is 295 g/mol. The Bertz CT molecular complexity index is 454.